The Morgan fingerprint density at radius 3 is 2.67 bits per heavy atom. The first-order chi connectivity index (χ1) is 11.6. The van der Waals surface area contributed by atoms with Gasteiger partial charge in [0.15, 0.2) is 0 Å². The highest BCUT2D eigenvalue weighted by Gasteiger charge is 2.21. The second-order valence-electron chi connectivity index (χ2n) is 6.17. The molecule has 0 radical (unpaired) electrons. The molecule has 1 aliphatic rings. The standard InChI is InChI=1S/C18H20Cl2N2OS/c1-21-10-3-2-4-16(21)14-7-5-13(6-8-14)12-22(20)18(23)15-9-11-24-17(15)19/h5-9,11,16H,2-4,10,12H2,1H3. The minimum absolute atomic E-state index is 0.265. The van der Waals surface area contributed by atoms with Crippen LogP contribution in [0.15, 0.2) is 35.7 Å². The highest BCUT2D eigenvalue weighted by atomic mass is 35.5. The van der Waals surface area contributed by atoms with Gasteiger partial charge in [0.1, 0.15) is 4.34 Å². The van der Waals surface area contributed by atoms with Crippen molar-refractivity contribution in [1.29, 1.82) is 0 Å². The molecule has 3 rings (SSSR count). The maximum atomic E-state index is 12.3. The van der Waals surface area contributed by atoms with Crippen molar-refractivity contribution in [3.8, 4) is 0 Å². The molecule has 24 heavy (non-hydrogen) atoms. The molecule has 1 saturated heterocycles. The minimum Gasteiger partial charge on any atom is -0.299 e. The molecular weight excluding hydrogens is 363 g/mol. The number of piperidine rings is 1. The number of nitrogens with zero attached hydrogens (tertiary/aromatic N) is 2. The second-order valence-corrected chi connectivity index (χ2v) is 8.09. The second kappa shape index (κ2) is 7.87. The van der Waals surface area contributed by atoms with E-state index in [0.29, 0.717) is 22.5 Å². The summed E-state index contributed by atoms with van der Waals surface area (Å²) in [4.78, 5) is 14.7. The van der Waals surface area contributed by atoms with Crippen molar-refractivity contribution in [2.24, 2.45) is 0 Å². The van der Waals surface area contributed by atoms with Gasteiger partial charge in [0.25, 0.3) is 5.91 Å². The van der Waals surface area contributed by atoms with Gasteiger partial charge >= 0.3 is 0 Å². The molecule has 1 atom stereocenters. The summed E-state index contributed by atoms with van der Waals surface area (Å²) in [5, 5.41) is 1.79. The summed E-state index contributed by atoms with van der Waals surface area (Å²) in [6.07, 6.45) is 3.76. The molecule has 1 aromatic heterocycles. The van der Waals surface area contributed by atoms with Gasteiger partial charge in [-0.05, 0) is 49.0 Å². The smallest absolute Gasteiger partial charge is 0.270 e. The van der Waals surface area contributed by atoms with Crippen LogP contribution in [0.2, 0.25) is 4.34 Å². The Kier molecular flexibility index (Phi) is 5.82. The van der Waals surface area contributed by atoms with Crippen molar-refractivity contribution in [2.45, 2.75) is 31.8 Å². The lowest BCUT2D eigenvalue weighted by Gasteiger charge is -2.32. The predicted molar refractivity (Wildman–Crippen MR) is 101 cm³/mol. The van der Waals surface area contributed by atoms with Crippen LogP contribution in [-0.2, 0) is 6.54 Å². The van der Waals surface area contributed by atoms with Crippen LogP contribution in [0.25, 0.3) is 0 Å². The van der Waals surface area contributed by atoms with Crippen LogP contribution in [0.1, 0.15) is 46.8 Å². The summed E-state index contributed by atoms with van der Waals surface area (Å²) < 4.78 is 1.66. The van der Waals surface area contributed by atoms with Crippen LogP contribution >= 0.6 is 34.7 Å². The van der Waals surface area contributed by atoms with Crippen LogP contribution in [0.4, 0.5) is 0 Å². The molecular formula is C18H20Cl2N2OS. The van der Waals surface area contributed by atoms with E-state index in [9.17, 15) is 4.79 Å². The van der Waals surface area contributed by atoms with E-state index in [1.54, 1.807) is 11.4 Å². The lowest BCUT2D eigenvalue weighted by atomic mass is 9.95. The third kappa shape index (κ3) is 3.94. The first-order valence-corrected chi connectivity index (χ1v) is 9.65. The van der Waals surface area contributed by atoms with Crippen LogP contribution in [0.3, 0.4) is 0 Å². The number of carbonyl (C=O) groups is 1. The fourth-order valence-corrected chi connectivity index (χ4v) is 4.28. The molecule has 0 N–H and O–H groups in total. The van der Waals surface area contributed by atoms with E-state index < -0.39 is 0 Å². The molecule has 0 spiro atoms. The molecule has 0 aliphatic carbocycles. The molecule has 0 bridgehead atoms. The Hall–Kier alpha value is -1.07. The molecule has 2 heterocycles. The summed E-state index contributed by atoms with van der Waals surface area (Å²) >= 11 is 13.5. The van der Waals surface area contributed by atoms with Crippen molar-refractivity contribution in [1.82, 2.24) is 9.32 Å². The van der Waals surface area contributed by atoms with E-state index in [0.717, 1.165) is 12.1 Å². The molecule has 1 fully saturated rings. The summed E-state index contributed by atoms with van der Waals surface area (Å²) in [6.45, 7) is 1.51. The van der Waals surface area contributed by atoms with Gasteiger partial charge in [-0.15, -0.1) is 11.3 Å². The average molecular weight is 383 g/mol. The van der Waals surface area contributed by atoms with Gasteiger partial charge in [-0.1, -0.05) is 42.3 Å². The Balaban J connectivity index is 1.65. The van der Waals surface area contributed by atoms with Crippen molar-refractivity contribution in [3.05, 3.63) is 56.7 Å². The van der Waals surface area contributed by atoms with Gasteiger partial charge in [0.05, 0.1) is 12.1 Å². The van der Waals surface area contributed by atoms with Gasteiger partial charge in [-0.2, -0.15) is 0 Å². The van der Waals surface area contributed by atoms with Crippen molar-refractivity contribution in [2.75, 3.05) is 13.6 Å². The molecule has 3 nitrogen and oxygen atoms in total. The summed E-state index contributed by atoms with van der Waals surface area (Å²) in [7, 11) is 2.18. The maximum Gasteiger partial charge on any atom is 0.270 e. The minimum atomic E-state index is -0.265. The van der Waals surface area contributed by atoms with Gasteiger partial charge < -0.3 is 0 Å². The quantitative estimate of drug-likeness (QED) is 0.664. The van der Waals surface area contributed by atoms with E-state index in [1.165, 1.54) is 40.6 Å². The monoisotopic (exact) mass is 382 g/mol. The van der Waals surface area contributed by atoms with E-state index in [-0.39, 0.29) is 5.91 Å². The van der Waals surface area contributed by atoms with Crippen molar-refractivity contribution < 1.29 is 4.79 Å². The number of likely N-dealkylation sites (tertiary alicyclic amines) is 1. The van der Waals surface area contributed by atoms with Crippen LogP contribution in [0.5, 0.6) is 0 Å². The van der Waals surface area contributed by atoms with Crippen LogP contribution < -0.4 is 0 Å². The highest BCUT2D eigenvalue weighted by molar-refractivity contribution is 7.14. The Morgan fingerprint density at radius 2 is 2.04 bits per heavy atom. The number of carbonyl (C=O) groups excluding carboxylic acids is 1. The molecule has 1 unspecified atom stereocenters. The van der Waals surface area contributed by atoms with E-state index in [4.69, 9.17) is 23.4 Å². The summed E-state index contributed by atoms with van der Waals surface area (Å²) in [5.74, 6) is -0.265. The number of halogens is 2. The van der Waals surface area contributed by atoms with Crippen molar-refractivity contribution in [3.63, 3.8) is 0 Å². The molecule has 1 aromatic carbocycles. The van der Waals surface area contributed by atoms with E-state index >= 15 is 0 Å². The molecule has 2 aromatic rings. The Morgan fingerprint density at radius 1 is 1.29 bits per heavy atom. The summed E-state index contributed by atoms with van der Waals surface area (Å²) in [6, 6.07) is 10.6. The zero-order chi connectivity index (χ0) is 17.1. The van der Waals surface area contributed by atoms with Gasteiger partial charge in [-0.25, -0.2) is 4.42 Å². The first-order valence-electron chi connectivity index (χ1n) is 8.06. The number of hydrogen-bond acceptors (Lipinski definition) is 3. The molecule has 0 saturated carbocycles. The SMILES string of the molecule is CN1CCCCC1c1ccc(CN(Cl)C(=O)c2ccsc2Cl)cc1. The molecule has 6 heteroatoms. The number of thiophene rings is 1. The van der Waals surface area contributed by atoms with Crippen LogP contribution in [-0.4, -0.2) is 28.8 Å². The van der Waals surface area contributed by atoms with Gasteiger partial charge in [0.2, 0.25) is 0 Å². The summed E-state index contributed by atoms with van der Waals surface area (Å²) in [5.41, 5.74) is 2.79. The largest absolute Gasteiger partial charge is 0.299 e. The van der Waals surface area contributed by atoms with Crippen LogP contribution in [0, 0.1) is 0 Å². The Bertz CT molecular complexity index is 701. The normalized spacial score (nSPS) is 18.5. The first kappa shape index (κ1) is 17.7. The zero-order valence-corrected chi connectivity index (χ0v) is 15.9. The molecule has 128 valence electrons. The zero-order valence-electron chi connectivity index (χ0n) is 13.5. The third-order valence-electron chi connectivity index (χ3n) is 4.53. The lowest BCUT2D eigenvalue weighted by molar-refractivity contribution is 0.0858. The Labute approximate surface area is 156 Å². The molecule has 1 aliphatic heterocycles. The fourth-order valence-electron chi connectivity index (χ4n) is 3.15. The number of rotatable bonds is 4. The van der Waals surface area contributed by atoms with E-state index in [2.05, 4.69) is 36.2 Å². The third-order valence-corrected chi connectivity index (χ3v) is 5.97. The average Bonchev–Trinajstić information content (AvgIpc) is 3.01. The number of hydrogen-bond donors (Lipinski definition) is 0. The predicted octanol–water partition coefficient (Wildman–Crippen LogP) is 5.35. The number of amides is 1. The van der Waals surface area contributed by atoms with Crippen molar-refractivity contribution >= 4 is 40.6 Å². The lowest BCUT2D eigenvalue weighted by Crippen LogP contribution is -2.29. The molecule has 1 amide bonds. The van der Waals surface area contributed by atoms with E-state index in [1.807, 2.05) is 0 Å². The maximum absolute atomic E-state index is 12.3. The fraction of sp³-hybridized carbons (Fsp3) is 0.389. The number of benzene rings is 1. The topological polar surface area (TPSA) is 23.6 Å². The highest BCUT2D eigenvalue weighted by Crippen LogP contribution is 2.30. The van der Waals surface area contributed by atoms with Gasteiger partial charge in [-0.3, -0.25) is 9.69 Å². The van der Waals surface area contributed by atoms with Gasteiger partial charge in [0, 0.05) is 17.8 Å².